The van der Waals surface area contributed by atoms with Crippen LogP contribution in [0.4, 0.5) is 4.39 Å². The van der Waals surface area contributed by atoms with Gasteiger partial charge in [-0.2, -0.15) is 5.26 Å². The summed E-state index contributed by atoms with van der Waals surface area (Å²) in [5.74, 6) is 0.948. The molecule has 0 aliphatic heterocycles. The first-order chi connectivity index (χ1) is 13.5. The SMILES string of the molecule is CCC1CC(C#N)CC(c2ccc(F)c(C/C(C)=C/c3ccccc3C)c2)C1. The number of nitriles is 1. The van der Waals surface area contributed by atoms with Gasteiger partial charge in [0.15, 0.2) is 0 Å². The fourth-order valence-corrected chi connectivity index (χ4v) is 4.50. The number of benzene rings is 2. The van der Waals surface area contributed by atoms with Crippen molar-refractivity contribution >= 4 is 6.08 Å². The van der Waals surface area contributed by atoms with E-state index < -0.39 is 0 Å². The van der Waals surface area contributed by atoms with E-state index in [1.54, 1.807) is 6.07 Å². The standard InChI is InChI=1S/C26H30FN/c1-4-20-13-21(17-28)15-24(14-20)23-9-10-26(27)25(16-23)12-18(2)11-22-8-6-5-7-19(22)3/h5-11,16,20-21,24H,4,12-15H2,1-3H3/b18-11+. The predicted molar refractivity (Wildman–Crippen MR) is 114 cm³/mol. The molecular weight excluding hydrogens is 345 g/mol. The highest BCUT2D eigenvalue weighted by Crippen LogP contribution is 2.41. The van der Waals surface area contributed by atoms with E-state index in [-0.39, 0.29) is 11.7 Å². The van der Waals surface area contributed by atoms with Gasteiger partial charge < -0.3 is 0 Å². The fourth-order valence-electron chi connectivity index (χ4n) is 4.50. The Morgan fingerprint density at radius 3 is 2.68 bits per heavy atom. The van der Waals surface area contributed by atoms with Crippen LogP contribution in [0.15, 0.2) is 48.0 Å². The smallest absolute Gasteiger partial charge is 0.126 e. The van der Waals surface area contributed by atoms with Gasteiger partial charge in [0.05, 0.1) is 6.07 Å². The summed E-state index contributed by atoms with van der Waals surface area (Å²) >= 11 is 0. The lowest BCUT2D eigenvalue weighted by atomic mass is 9.72. The van der Waals surface area contributed by atoms with Gasteiger partial charge >= 0.3 is 0 Å². The van der Waals surface area contributed by atoms with Crippen molar-refractivity contribution in [1.29, 1.82) is 5.26 Å². The predicted octanol–water partition coefficient (Wildman–Crippen LogP) is 7.21. The topological polar surface area (TPSA) is 23.8 Å². The molecule has 3 unspecified atom stereocenters. The van der Waals surface area contributed by atoms with Crippen molar-refractivity contribution in [1.82, 2.24) is 0 Å². The number of aryl methyl sites for hydroxylation is 1. The zero-order valence-corrected chi connectivity index (χ0v) is 17.2. The molecule has 0 aromatic heterocycles. The molecule has 1 aliphatic carbocycles. The van der Waals surface area contributed by atoms with Gasteiger partial charge in [0.25, 0.3) is 0 Å². The van der Waals surface area contributed by atoms with Crippen molar-refractivity contribution in [3.63, 3.8) is 0 Å². The van der Waals surface area contributed by atoms with E-state index in [9.17, 15) is 9.65 Å². The minimum atomic E-state index is -0.138. The van der Waals surface area contributed by atoms with Crippen LogP contribution in [0.5, 0.6) is 0 Å². The molecule has 0 spiro atoms. The molecule has 0 amide bonds. The summed E-state index contributed by atoms with van der Waals surface area (Å²) in [7, 11) is 0. The summed E-state index contributed by atoms with van der Waals surface area (Å²) in [6, 6.07) is 16.3. The zero-order valence-electron chi connectivity index (χ0n) is 17.2. The molecule has 0 radical (unpaired) electrons. The molecule has 3 atom stereocenters. The molecule has 1 saturated carbocycles. The summed E-state index contributed by atoms with van der Waals surface area (Å²) in [6.07, 6.45) is 6.89. The van der Waals surface area contributed by atoms with Crippen LogP contribution in [-0.2, 0) is 6.42 Å². The van der Waals surface area contributed by atoms with Crippen molar-refractivity contribution in [2.24, 2.45) is 11.8 Å². The fraction of sp³-hybridized carbons (Fsp3) is 0.423. The second kappa shape index (κ2) is 9.20. The summed E-state index contributed by atoms with van der Waals surface area (Å²) in [5, 5.41) is 9.43. The molecule has 1 fully saturated rings. The van der Waals surface area contributed by atoms with Gasteiger partial charge in [0.1, 0.15) is 5.82 Å². The lowest BCUT2D eigenvalue weighted by molar-refractivity contribution is 0.270. The number of halogens is 1. The largest absolute Gasteiger partial charge is 0.207 e. The zero-order chi connectivity index (χ0) is 20.1. The van der Waals surface area contributed by atoms with Gasteiger partial charge in [0.2, 0.25) is 0 Å². The number of hydrogen-bond donors (Lipinski definition) is 0. The normalized spacial score (nSPS) is 22.7. The first kappa shape index (κ1) is 20.3. The molecule has 2 aromatic carbocycles. The van der Waals surface area contributed by atoms with E-state index in [1.165, 1.54) is 16.7 Å². The van der Waals surface area contributed by atoms with Gasteiger partial charge in [-0.25, -0.2) is 4.39 Å². The van der Waals surface area contributed by atoms with Gasteiger partial charge in [-0.15, -0.1) is 0 Å². The lowest BCUT2D eigenvalue weighted by Crippen LogP contribution is -2.20. The quantitative estimate of drug-likeness (QED) is 0.541. The number of rotatable bonds is 5. The van der Waals surface area contributed by atoms with Crippen LogP contribution in [0.3, 0.4) is 0 Å². The van der Waals surface area contributed by atoms with Crippen molar-refractivity contribution < 1.29 is 4.39 Å². The third-order valence-electron chi connectivity index (χ3n) is 6.17. The minimum absolute atomic E-state index is 0.125. The van der Waals surface area contributed by atoms with Crippen LogP contribution in [0, 0.1) is 35.9 Å². The molecule has 1 nitrogen and oxygen atoms in total. The van der Waals surface area contributed by atoms with Gasteiger partial charge in [0, 0.05) is 5.92 Å². The molecule has 0 bridgehead atoms. The molecule has 0 heterocycles. The third kappa shape index (κ3) is 4.90. The Morgan fingerprint density at radius 2 is 1.96 bits per heavy atom. The molecular formula is C26H30FN. The first-order valence-electron chi connectivity index (χ1n) is 10.4. The van der Waals surface area contributed by atoms with Crippen molar-refractivity contribution in [2.75, 3.05) is 0 Å². The van der Waals surface area contributed by atoms with Crippen molar-refractivity contribution in [3.05, 3.63) is 76.1 Å². The van der Waals surface area contributed by atoms with Crippen LogP contribution < -0.4 is 0 Å². The highest BCUT2D eigenvalue weighted by molar-refractivity contribution is 5.56. The van der Waals surface area contributed by atoms with E-state index in [2.05, 4.69) is 45.0 Å². The van der Waals surface area contributed by atoms with E-state index >= 15 is 0 Å². The lowest BCUT2D eigenvalue weighted by Gasteiger charge is -2.32. The highest BCUT2D eigenvalue weighted by Gasteiger charge is 2.29. The summed E-state index contributed by atoms with van der Waals surface area (Å²) in [4.78, 5) is 0. The van der Waals surface area contributed by atoms with Gasteiger partial charge in [-0.1, -0.05) is 61.4 Å². The van der Waals surface area contributed by atoms with Crippen LogP contribution in [-0.4, -0.2) is 0 Å². The molecule has 2 heteroatoms. The molecule has 2 aromatic rings. The molecule has 1 aliphatic rings. The Balaban J connectivity index is 1.82. The number of allylic oxidation sites excluding steroid dienone is 1. The van der Waals surface area contributed by atoms with Crippen LogP contribution in [0.1, 0.15) is 67.7 Å². The maximum atomic E-state index is 14.5. The Kier molecular flexibility index (Phi) is 6.68. The second-order valence-electron chi connectivity index (χ2n) is 8.38. The number of hydrogen-bond acceptors (Lipinski definition) is 1. The first-order valence-corrected chi connectivity index (χ1v) is 10.4. The molecule has 0 N–H and O–H groups in total. The summed E-state index contributed by atoms with van der Waals surface area (Å²) in [5.41, 5.74) is 5.51. The minimum Gasteiger partial charge on any atom is -0.207 e. The molecule has 0 saturated heterocycles. The Morgan fingerprint density at radius 1 is 1.18 bits per heavy atom. The Bertz CT molecular complexity index is 890. The van der Waals surface area contributed by atoms with Crippen molar-refractivity contribution in [3.8, 4) is 6.07 Å². The Hall–Kier alpha value is -2.40. The summed E-state index contributed by atoms with van der Waals surface area (Å²) in [6.45, 7) is 6.37. The van der Waals surface area contributed by atoms with Crippen molar-refractivity contribution in [2.45, 2.75) is 58.8 Å². The van der Waals surface area contributed by atoms with E-state index in [0.29, 0.717) is 18.3 Å². The van der Waals surface area contributed by atoms with Crippen LogP contribution >= 0.6 is 0 Å². The van der Waals surface area contributed by atoms with E-state index in [0.717, 1.165) is 36.8 Å². The third-order valence-corrected chi connectivity index (χ3v) is 6.17. The Labute approximate surface area is 168 Å². The molecule has 3 rings (SSSR count). The van der Waals surface area contributed by atoms with E-state index in [1.807, 2.05) is 24.3 Å². The van der Waals surface area contributed by atoms with Gasteiger partial charge in [-0.05, 0) is 79.7 Å². The van der Waals surface area contributed by atoms with Crippen LogP contribution in [0.25, 0.3) is 6.08 Å². The number of nitrogens with zero attached hydrogens (tertiary/aromatic N) is 1. The summed E-state index contributed by atoms with van der Waals surface area (Å²) < 4.78 is 14.5. The average Bonchev–Trinajstić information content (AvgIpc) is 2.71. The monoisotopic (exact) mass is 375 g/mol. The second-order valence-corrected chi connectivity index (χ2v) is 8.38. The molecule has 28 heavy (non-hydrogen) atoms. The average molecular weight is 376 g/mol. The highest BCUT2D eigenvalue weighted by atomic mass is 19.1. The maximum Gasteiger partial charge on any atom is 0.126 e. The van der Waals surface area contributed by atoms with Crippen LogP contribution in [0.2, 0.25) is 0 Å². The maximum absolute atomic E-state index is 14.5. The molecule has 146 valence electrons. The van der Waals surface area contributed by atoms with Gasteiger partial charge in [-0.3, -0.25) is 0 Å². The van der Waals surface area contributed by atoms with E-state index in [4.69, 9.17) is 0 Å².